The fourth-order valence-corrected chi connectivity index (χ4v) is 2.48. The van der Waals surface area contributed by atoms with E-state index in [2.05, 4.69) is 85.9 Å². The van der Waals surface area contributed by atoms with E-state index in [1.165, 1.54) is 27.9 Å². The number of benzene rings is 3. The summed E-state index contributed by atoms with van der Waals surface area (Å²) in [6, 6.07) is 25.4. The van der Waals surface area contributed by atoms with Crippen molar-refractivity contribution < 1.29 is 0 Å². The molecule has 0 radical (unpaired) electrons. The van der Waals surface area contributed by atoms with Crippen molar-refractivity contribution in [3.63, 3.8) is 0 Å². The van der Waals surface area contributed by atoms with Crippen molar-refractivity contribution in [3.8, 4) is 11.1 Å². The average Bonchev–Trinajstić information content (AvgIpc) is 2.52. The van der Waals surface area contributed by atoms with Crippen molar-refractivity contribution in [2.45, 2.75) is 13.8 Å². The van der Waals surface area contributed by atoms with Crippen LogP contribution in [0.4, 0.5) is 11.4 Å². The van der Waals surface area contributed by atoms with Crippen LogP contribution in [-0.2, 0) is 0 Å². The summed E-state index contributed by atoms with van der Waals surface area (Å²) in [4.78, 5) is 0. The highest BCUT2D eigenvalue weighted by Crippen LogP contribution is 2.31. The van der Waals surface area contributed by atoms with Crippen molar-refractivity contribution in [3.05, 3.63) is 83.9 Å². The number of aryl methyl sites for hydroxylation is 2. The van der Waals surface area contributed by atoms with Crippen LogP contribution in [0.5, 0.6) is 0 Å². The van der Waals surface area contributed by atoms with Crippen LogP contribution in [0.15, 0.2) is 72.8 Å². The third-order valence-electron chi connectivity index (χ3n) is 3.67. The van der Waals surface area contributed by atoms with Gasteiger partial charge in [-0.2, -0.15) is 0 Å². The van der Waals surface area contributed by atoms with Crippen LogP contribution in [0.2, 0.25) is 0 Å². The quantitative estimate of drug-likeness (QED) is 0.644. The average molecular weight is 273 g/mol. The minimum absolute atomic E-state index is 1.14. The summed E-state index contributed by atoms with van der Waals surface area (Å²) in [5.74, 6) is 0. The van der Waals surface area contributed by atoms with Gasteiger partial charge in [0, 0.05) is 16.9 Å². The zero-order valence-corrected chi connectivity index (χ0v) is 12.4. The van der Waals surface area contributed by atoms with E-state index in [4.69, 9.17) is 0 Å². The van der Waals surface area contributed by atoms with E-state index in [0.717, 1.165) is 5.69 Å². The zero-order valence-electron chi connectivity index (χ0n) is 12.4. The molecule has 0 aliphatic rings. The summed E-state index contributed by atoms with van der Waals surface area (Å²) in [5.41, 5.74) is 7.27. The second-order valence-electron chi connectivity index (χ2n) is 5.35. The fraction of sp³-hybridized carbons (Fsp3) is 0.100. The first-order valence-corrected chi connectivity index (χ1v) is 7.23. The van der Waals surface area contributed by atoms with E-state index >= 15 is 0 Å². The van der Waals surface area contributed by atoms with Crippen molar-refractivity contribution in [2.75, 3.05) is 5.32 Å². The summed E-state index contributed by atoms with van der Waals surface area (Å²) in [6.07, 6.45) is 0. The van der Waals surface area contributed by atoms with Gasteiger partial charge >= 0.3 is 0 Å². The topological polar surface area (TPSA) is 12.0 Å². The van der Waals surface area contributed by atoms with Gasteiger partial charge in [0.15, 0.2) is 0 Å². The molecule has 1 N–H and O–H groups in total. The van der Waals surface area contributed by atoms with Gasteiger partial charge in [-0.15, -0.1) is 0 Å². The van der Waals surface area contributed by atoms with Gasteiger partial charge in [0.1, 0.15) is 0 Å². The minimum atomic E-state index is 1.14. The fourth-order valence-electron chi connectivity index (χ4n) is 2.48. The Morgan fingerprint density at radius 3 is 2.19 bits per heavy atom. The SMILES string of the molecule is Cc1ccc(C)c(Nc2ccccc2-c2ccccc2)c1. The van der Waals surface area contributed by atoms with E-state index in [1.807, 2.05) is 6.07 Å². The third-order valence-corrected chi connectivity index (χ3v) is 3.67. The highest BCUT2D eigenvalue weighted by Gasteiger charge is 2.06. The van der Waals surface area contributed by atoms with Gasteiger partial charge in [-0.25, -0.2) is 0 Å². The van der Waals surface area contributed by atoms with Crippen LogP contribution >= 0.6 is 0 Å². The van der Waals surface area contributed by atoms with Gasteiger partial charge in [0.2, 0.25) is 0 Å². The molecule has 0 bridgehead atoms. The van der Waals surface area contributed by atoms with Gasteiger partial charge in [-0.1, -0.05) is 60.7 Å². The van der Waals surface area contributed by atoms with Crippen molar-refractivity contribution in [1.82, 2.24) is 0 Å². The lowest BCUT2D eigenvalue weighted by atomic mass is 10.0. The van der Waals surface area contributed by atoms with Crippen molar-refractivity contribution >= 4 is 11.4 Å². The maximum absolute atomic E-state index is 3.58. The molecule has 0 spiro atoms. The number of para-hydroxylation sites is 1. The van der Waals surface area contributed by atoms with Gasteiger partial charge in [-0.05, 0) is 42.7 Å². The number of nitrogens with one attached hydrogen (secondary N) is 1. The molecule has 0 aliphatic heterocycles. The molecule has 0 heterocycles. The minimum Gasteiger partial charge on any atom is -0.355 e. The zero-order chi connectivity index (χ0) is 14.7. The van der Waals surface area contributed by atoms with E-state index < -0.39 is 0 Å². The van der Waals surface area contributed by atoms with E-state index in [-0.39, 0.29) is 0 Å². The second-order valence-corrected chi connectivity index (χ2v) is 5.35. The van der Waals surface area contributed by atoms with Crippen LogP contribution in [0.1, 0.15) is 11.1 Å². The number of hydrogen-bond donors (Lipinski definition) is 1. The molecule has 1 nitrogen and oxygen atoms in total. The summed E-state index contributed by atoms with van der Waals surface area (Å²) in [7, 11) is 0. The largest absolute Gasteiger partial charge is 0.355 e. The molecule has 0 aromatic heterocycles. The molecule has 3 rings (SSSR count). The number of hydrogen-bond acceptors (Lipinski definition) is 1. The van der Waals surface area contributed by atoms with Crippen LogP contribution in [0.3, 0.4) is 0 Å². The maximum Gasteiger partial charge on any atom is 0.0463 e. The van der Waals surface area contributed by atoms with Gasteiger partial charge in [0.25, 0.3) is 0 Å². The van der Waals surface area contributed by atoms with Crippen molar-refractivity contribution in [2.24, 2.45) is 0 Å². The molecule has 0 aliphatic carbocycles. The first-order chi connectivity index (χ1) is 10.2. The van der Waals surface area contributed by atoms with Crippen molar-refractivity contribution in [1.29, 1.82) is 0 Å². The van der Waals surface area contributed by atoms with Gasteiger partial charge < -0.3 is 5.32 Å². The Labute approximate surface area is 126 Å². The Morgan fingerprint density at radius 1 is 0.667 bits per heavy atom. The maximum atomic E-state index is 3.58. The highest BCUT2D eigenvalue weighted by molar-refractivity contribution is 5.81. The van der Waals surface area contributed by atoms with Crippen LogP contribution in [0.25, 0.3) is 11.1 Å². The Kier molecular flexibility index (Phi) is 3.74. The van der Waals surface area contributed by atoms with Crippen LogP contribution in [0, 0.1) is 13.8 Å². The highest BCUT2D eigenvalue weighted by atomic mass is 14.9. The van der Waals surface area contributed by atoms with Crippen LogP contribution < -0.4 is 5.32 Å². The normalized spacial score (nSPS) is 10.4. The molecule has 0 unspecified atom stereocenters. The molecule has 3 aromatic rings. The predicted molar refractivity (Wildman–Crippen MR) is 91.1 cm³/mol. The van der Waals surface area contributed by atoms with Gasteiger partial charge in [0.05, 0.1) is 0 Å². The number of anilines is 2. The van der Waals surface area contributed by atoms with E-state index in [1.54, 1.807) is 0 Å². The van der Waals surface area contributed by atoms with E-state index in [0.29, 0.717) is 0 Å². The lowest BCUT2D eigenvalue weighted by Crippen LogP contribution is -1.96. The first kappa shape index (κ1) is 13.4. The molecule has 0 fully saturated rings. The molecule has 3 aromatic carbocycles. The lowest BCUT2D eigenvalue weighted by Gasteiger charge is -2.14. The smallest absolute Gasteiger partial charge is 0.0463 e. The molecule has 0 atom stereocenters. The summed E-state index contributed by atoms with van der Waals surface area (Å²) in [5, 5.41) is 3.58. The Morgan fingerprint density at radius 2 is 1.38 bits per heavy atom. The van der Waals surface area contributed by atoms with Gasteiger partial charge in [-0.3, -0.25) is 0 Å². The number of rotatable bonds is 3. The monoisotopic (exact) mass is 273 g/mol. The standard InChI is InChI=1S/C20H19N/c1-15-12-13-16(2)20(14-15)21-19-11-7-6-10-18(19)17-8-4-3-5-9-17/h3-14,21H,1-2H3. The molecule has 0 amide bonds. The molecule has 21 heavy (non-hydrogen) atoms. The molecule has 0 saturated carbocycles. The molecule has 104 valence electrons. The summed E-state index contributed by atoms with van der Waals surface area (Å²) >= 11 is 0. The molecular formula is C20H19N. The van der Waals surface area contributed by atoms with E-state index in [9.17, 15) is 0 Å². The third kappa shape index (κ3) is 2.97. The molecular weight excluding hydrogens is 254 g/mol. The summed E-state index contributed by atoms with van der Waals surface area (Å²) < 4.78 is 0. The summed E-state index contributed by atoms with van der Waals surface area (Å²) in [6.45, 7) is 4.25. The Bertz CT molecular complexity index is 745. The van der Waals surface area contributed by atoms with Crippen LogP contribution in [-0.4, -0.2) is 0 Å². The molecule has 0 saturated heterocycles. The lowest BCUT2D eigenvalue weighted by molar-refractivity contribution is 1.38. The predicted octanol–water partition coefficient (Wildman–Crippen LogP) is 5.71. The first-order valence-electron chi connectivity index (χ1n) is 7.23. The second kappa shape index (κ2) is 5.84. The Balaban J connectivity index is 2.02. The Hall–Kier alpha value is -2.54. The molecule has 1 heteroatoms.